The Labute approximate surface area is 76.1 Å². The molecule has 0 atom stereocenters. The molecule has 0 aliphatic carbocycles. The Balaban J connectivity index is 2.46. The number of hydrogen-bond acceptors (Lipinski definition) is 3. The highest BCUT2D eigenvalue weighted by Crippen LogP contribution is 2.09. The van der Waals surface area contributed by atoms with E-state index in [1.807, 2.05) is 19.9 Å². The monoisotopic (exact) mass is 174 g/mol. The van der Waals surface area contributed by atoms with E-state index in [1.54, 1.807) is 12.4 Å². The van der Waals surface area contributed by atoms with Crippen molar-refractivity contribution < 1.29 is 0 Å². The van der Waals surface area contributed by atoms with Crippen LogP contribution in [0, 0.1) is 13.8 Å². The zero-order valence-electron chi connectivity index (χ0n) is 7.57. The predicted molar refractivity (Wildman–Crippen MR) is 49.1 cm³/mol. The summed E-state index contributed by atoms with van der Waals surface area (Å²) in [5.41, 5.74) is 1.96. The standard InChI is InChI=1S/C9H10N4/c1-6-3-4-10-8(12-6)9-11-5-7(2)13-9/h3-5H,1-2H3,(H,11,13). The van der Waals surface area contributed by atoms with E-state index in [0.717, 1.165) is 17.2 Å². The largest absolute Gasteiger partial charge is 0.339 e. The molecule has 0 aliphatic rings. The Morgan fingerprint density at radius 1 is 1.23 bits per heavy atom. The molecule has 4 heteroatoms. The Morgan fingerprint density at radius 3 is 2.69 bits per heavy atom. The zero-order chi connectivity index (χ0) is 9.26. The third-order valence-corrected chi connectivity index (χ3v) is 1.71. The molecular weight excluding hydrogens is 164 g/mol. The zero-order valence-corrected chi connectivity index (χ0v) is 7.57. The average molecular weight is 174 g/mol. The molecule has 0 spiro atoms. The summed E-state index contributed by atoms with van der Waals surface area (Å²) in [5, 5.41) is 0. The van der Waals surface area contributed by atoms with Crippen LogP contribution in [-0.2, 0) is 0 Å². The Kier molecular flexibility index (Phi) is 1.81. The number of nitrogens with zero attached hydrogens (tertiary/aromatic N) is 3. The molecule has 0 radical (unpaired) electrons. The van der Waals surface area contributed by atoms with Crippen molar-refractivity contribution in [2.24, 2.45) is 0 Å². The summed E-state index contributed by atoms with van der Waals surface area (Å²) >= 11 is 0. The van der Waals surface area contributed by atoms with Crippen molar-refractivity contribution in [2.75, 3.05) is 0 Å². The molecule has 0 fully saturated rings. The van der Waals surface area contributed by atoms with Crippen molar-refractivity contribution in [3.8, 4) is 11.6 Å². The molecule has 2 aromatic heterocycles. The van der Waals surface area contributed by atoms with E-state index in [0.29, 0.717) is 5.82 Å². The number of rotatable bonds is 1. The predicted octanol–water partition coefficient (Wildman–Crippen LogP) is 1.48. The maximum atomic E-state index is 4.25. The van der Waals surface area contributed by atoms with E-state index in [1.165, 1.54) is 0 Å². The minimum absolute atomic E-state index is 0.646. The molecule has 66 valence electrons. The maximum absolute atomic E-state index is 4.25. The van der Waals surface area contributed by atoms with Crippen LogP contribution in [0.5, 0.6) is 0 Å². The first-order valence-corrected chi connectivity index (χ1v) is 4.07. The minimum atomic E-state index is 0.646. The number of aromatic nitrogens is 4. The van der Waals surface area contributed by atoms with E-state index in [2.05, 4.69) is 19.9 Å². The molecule has 13 heavy (non-hydrogen) atoms. The number of nitrogens with one attached hydrogen (secondary N) is 1. The first-order chi connectivity index (χ1) is 6.25. The lowest BCUT2D eigenvalue weighted by Crippen LogP contribution is -1.91. The molecule has 0 amide bonds. The Hall–Kier alpha value is -1.71. The molecule has 2 heterocycles. The fourth-order valence-electron chi connectivity index (χ4n) is 1.09. The van der Waals surface area contributed by atoms with Crippen LogP contribution in [0.3, 0.4) is 0 Å². The van der Waals surface area contributed by atoms with Crippen LogP contribution >= 0.6 is 0 Å². The summed E-state index contributed by atoms with van der Waals surface area (Å²) in [7, 11) is 0. The van der Waals surface area contributed by atoms with Crippen molar-refractivity contribution >= 4 is 0 Å². The second-order valence-corrected chi connectivity index (χ2v) is 2.94. The second-order valence-electron chi connectivity index (χ2n) is 2.94. The molecule has 0 bridgehead atoms. The number of H-pyrrole nitrogens is 1. The summed E-state index contributed by atoms with van der Waals surface area (Å²) in [5.74, 6) is 1.37. The Morgan fingerprint density at radius 2 is 2.08 bits per heavy atom. The smallest absolute Gasteiger partial charge is 0.195 e. The molecule has 0 saturated carbocycles. The van der Waals surface area contributed by atoms with Gasteiger partial charge in [-0.05, 0) is 19.9 Å². The molecule has 2 rings (SSSR count). The van der Waals surface area contributed by atoms with Crippen molar-refractivity contribution in [3.05, 3.63) is 29.8 Å². The highest BCUT2D eigenvalue weighted by atomic mass is 15.0. The number of imidazole rings is 1. The number of aryl methyl sites for hydroxylation is 2. The minimum Gasteiger partial charge on any atom is -0.339 e. The first-order valence-electron chi connectivity index (χ1n) is 4.07. The fourth-order valence-corrected chi connectivity index (χ4v) is 1.09. The van der Waals surface area contributed by atoms with Gasteiger partial charge in [-0.15, -0.1) is 0 Å². The lowest BCUT2D eigenvalue weighted by Gasteiger charge is -1.95. The summed E-state index contributed by atoms with van der Waals surface area (Å²) in [6.45, 7) is 3.88. The lowest BCUT2D eigenvalue weighted by atomic mass is 10.4. The molecule has 0 aromatic carbocycles. The van der Waals surface area contributed by atoms with Gasteiger partial charge in [0.05, 0.1) is 0 Å². The number of hydrogen-bond donors (Lipinski definition) is 1. The molecule has 0 saturated heterocycles. The quantitative estimate of drug-likeness (QED) is 0.712. The van der Waals surface area contributed by atoms with Crippen LogP contribution in [0.2, 0.25) is 0 Å². The number of aromatic amines is 1. The molecule has 0 aliphatic heterocycles. The van der Waals surface area contributed by atoms with Gasteiger partial charge in [-0.1, -0.05) is 0 Å². The molecular formula is C9H10N4. The van der Waals surface area contributed by atoms with Crippen LogP contribution < -0.4 is 0 Å². The van der Waals surface area contributed by atoms with Crippen LogP contribution in [0.4, 0.5) is 0 Å². The third kappa shape index (κ3) is 1.56. The van der Waals surface area contributed by atoms with Gasteiger partial charge in [-0.2, -0.15) is 0 Å². The summed E-state index contributed by atoms with van der Waals surface area (Å²) in [4.78, 5) is 15.6. The van der Waals surface area contributed by atoms with Gasteiger partial charge in [-0.25, -0.2) is 15.0 Å². The maximum Gasteiger partial charge on any atom is 0.195 e. The van der Waals surface area contributed by atoms with Gasteiger partial charge in [0, 0.05) is 23.8 Å². The molecule has 1 N–H and O–H groups in total. The van der Waals surface area contributed by atoms with Crippen LogP contribution in [-0.4, -0.2) is 19.9 Å². The summed E-state index contributed by atoms with van der Waals surface area (Å²) < 4.78 is 0. The van der Waals surface area contributed by atoms with E-state index in [9.17, 15) is 0 Å². The molecule has 2 aromatic rings. The van der Waals surface area contributed by atoms with Crippen LogP contribution in [0.1, 0.15) is 11.4 Å². The summed E-state index contributed by atoms with van der Waals surface area (Å²) in [6.07, 6.45) is 3.50. The van der Waals surface area contributed by atoms with E-state index in [4.69, 9.17) is 0 Å². The van der Waals surface area contributed by atoms with Gasteiger partial charge in [0.15, 0.2) is 11.6 Å². The van der Waals surface area contributed by atoms with Gasteiger partial charge in [-0.3, -0.25) is 0 Å². The SMILES string of the molecule is Cc1ccnc(-c2ncc(C)[nH]2)n1. The van der Waals surface area contributed by atoms with E-state index in [-0.39, 0.29) is 0 Å². The van der Waals surface area contributed by atoms with Gasteiger partial charge >= 0.3 is 0 Å². The highest BCUT2D eigenvalue weighted by molar-refractivity contribution is 5.42. The van der Waals surface area contributed by atoms with Crippen molar-refractivity contribution in [1.82, 2.24) is 19.9 Å². The van der Waals surface area contributed by atoms with Gasteiger partial charge in [0.2, 0.25) is 0 Å². The van der Waals surface area contributed by atoms with Crippen molar-refractivity contribution in [1.29, 1.82) is 0 Å². The first kappa shape index (κ1) is 7.91. The fraction of sp³-hybridized carbons (Fsp3) is 0.222. The lowest BCUT2D eigenvalue weighted by molar-refractivity contribution is 1.07. The Bertz CT molecular complexity index is 419. The topological polar surface area (TPSA) is 54.5 Å². The van der Waals surface area contributed by atoms with E-state index < -0.39 is 0 Å². The van der Waals surface area contributed by atoms with Crippen molar-refractivity contribution in [2.45, 2.75) is 13.8 Å². The van der Waals surface area contributed by atoms with Gasteiger partial charge < -0.3 is 4.98 Å². The average Bonchev–Trinajstić information content (AvgIpc) is 2.52. The van der Waals surface area contributed by atoms with Crippen LogP contribution in [0.15, 0.2) is 18.5 Å². The third-order valence-electron chi connectivity index (χ3n) is 1.71. The van der Waals surface area contributed by atoms with Gasteiger partial charge in [0.1, 0.15) is 0 Å². The van der Waals surface area contributed by atoms with Gasteiger partial charge in [0.25, 0.3) is 0 Å². The molecule has 0 unspecified atom stereocenters. The highest BCUT2D eigenvalue weighted by Gasteiger charge is 2.03. The van der Waals surface area contributed by atoms with Crippen molar-refractivity contribution in [3.63, 3.8) is 0 Å². The second kappa shape index (κ2) is 2.97. The van der Waals surface area contributed by atoms with E-state index >= 15 is 0 Å². The van der Waals surface area contributed by atoms with Crippen LogP contribution in [0.25, 0.3) is 11.6 Å². The molecule has 4 nitrogen and oxygen atoms in total. The summed E-state index contributed by atoms with van der Waals surface area (Å²) in [6, 6.07) is 1.86. The normalized spacial score (nSPS) is 10.3.